The van der Waals surface area contributed by atoms with Crippen molar-refractivity contribution >= 4 is 17.1 Å². The van der Waals surface area contributed by atoms with Gasteiger partial charge < -0.3 is 19.8 Å². The molecule has 1 atom stereocenters. The van der Waals surface area contributed by atoms with Crippen LogP contribution in [0.5, 0.6) is 0 Å². The number of nitrogens with zero attached hydrogens (tertiary/aromatic N) is 3. The number of ether oxygens (including phenoxy) is 1. The zero-order valence-corrected chi connectivity index (χ0v) is 13.3. The molecule has 1 aromatic rings. The number of nitro groups is 2. The van der Waals surface area contributed by atoms with Crippen LogP contribution in [0.3, 0.4) is 0 Å². The van der Waals surface area contributed by atoms with E-state index in [-0.39, 0.29) is 23.7 Å². The first kappa shape index (κ1) is 19.7. The SMILES string of the molecule is CN(CCOCCCC(O)CO)c1ccc([N+](=O)[O-])cc1[N+](=O)[O-]. The molecule has 0 fully saturated rings. The molecule has 0 aliphatic carbocycles. The van der Waals surface area contributed by atoms with Crippen LogP contribution in [-0.2, 0) is 4.74 Å². The summed E-state index contributed by atoms with van der Waals surface area (Å²) in [6, 6.07) is 3.49. The maximum atomic E-state index is 11.1. The Balaban J connectivity index is 2.54. The lowest BCUT2D eigenvalue weighted by Gasteiger charge is -2.19. The molecule has 1 rings (SSSR count). The molecule has 24 heavy (non-hydrogen) atoms. The van der Waals surface area contributed by atoms with Gasteiger partial charge in [0.15, 0.2) is 0 Å². The Morgan fingerprint density at radius 3 is 2.54 bits per heavy atom. The van der Waals surface area contributed by atoms with Crippen molar-refractivity contribution in [1.29, 1.82) is 0 Å². The van der Waals surface area contributed by atoms with Crippen molar-refractivity contribution in [3.63, 3.8) is 0 Å². The van der Waals surface area contributed by atoms with Gasteiger partial charge in [0, 0.05) is 26.3 Å². The Hall–Kier alpha value is -2.30. The van der Waals surface area contributed by atoms with Crippen molar-refractivity contribution < 1.29 is 24.8 Å². The molecule has 1 aromatic carbocycles. The van der Waals surface area contributed by atoms with E-state index in [9.17, 15) is 20.2 Å². The number of aliphatic hydroxyl groups is 2. The average molecular weight is 343 g/mol. The number of likely N-dealkylation sites (N-methyl/N-ethyl adjacent to an activating group) is 1. The Labute approximate surface area is 138 Å². The minimum absolute atomic E-state index is 0.268. The third kappa shape index (κ3) is 6.07. The van der Waals surface area contributed by atoms with Crippen LogP contribution in [0.2, 0.25) is 0 Å². The second kappa shape index (κ2) is 9.75. The summed E-state index contributed by atoms with van der Waals surface area (Å²) in [4.78, 5) is 22.1. The normalized spacial score (nSPS) is 12.0. The lowest BCUT2D eigenvalue weighted by molar-refractivity contribution is -0.393. The molecule has 10 heteroatoms. The highest BCUT2D eigenvalue weighted by atomic mass is 16.6. The Morgan fingerprint density at radius 1 is 1.25 bits per heavy atom. The van der Waals surface area contributed by atoms with Gasteiger partial charge >= 0.3 is 0 Å². The molecule has 0 amide bonds. The average Bonchev–Trinajstić information content (AvgIpc) is 2.56. The van der Waals surface area contributed by atoms with Crippen molar-refractivity contribution in [2.45, 2.75) is 18.9 Å². The zero-order valence-electron chi connectivity index (χ0n) is 13.3. The summed E-state index contributed by atoms with van der Waals surface area (Å²) in [5.74, 6) is 0. The fourth-order valence-electron chi connectivity index (χ4n) is 2.03. The van der Waals surface area contributed by atoms with E-state index in [4.69, 9.17) is 14.9 Å². The van der Waals surface area contributed by atoms with Crippen LogP contribution in [0.15, 0.2) is 18.2 Å². The summed E-state index contributed by atoms with van der Waals surface area (Å²) in [5, 5.41) is 39.6. The van der Waals surface area contributed by atoms with Crippen LogP contribution in [0.1, 0.15) is 12.8 Å². The summed E-state index contributed by atoms with van der Waals surface area (Å²) in [6.45, 7) is 0.779. The van der Waals surface area contributed by atoms with E-state index in [1.165, 1.54) is 12.1 Å². The third-order valence-electron chi connectivity index (χ3n) is 3.39. The fourth-order valence-corrected chi connectivity index (χ4v) is 2.03. The van der Waals surface area contributed by atoms with E-state index in [0.29, 0.717) is 32.6 Å². The number of rotatable bonds is 11. The first-order valence-electron chi connectivity index (χ1n) is 7.37. The lowest BCUT2D eigenvalue weighted by atomic mass is 10.2. The lowest BCUT2D eigenvalue weighted by Crippen LogP contribution is -2.23. The first-order chi connectivity index (χ1) is 11.4. The van der Waals surface area contributed by atoms with Gasteiger partial charge in [-0.05, 0) is 18.9 Å². The van der Waals surface area contributed by atoms with Crippen LogP contribution in [0.25, 0.3) is 0 Å². The molecule has 0 radical (unpaired) electrons. The fraction of sp³-hybridized carbons (Fsp3) is 0.571. The van der Waals surface area contributed by atoms with Crippen LogP contribution in [0, 0.1) is 20.2 Å². The Morgan fingerprint density at radius 2 is 1.96 bits per heavy atom. The van der Waals surface area contributed by atoms with Gasteiger partial charge in [0.25, 0.3) is 11.4 Å². The van der Waals surface area contributed by atoms with Crippen LogP contribution >= 0.6 is 0 Å². The Bertz CT molecular complexity index is 567. The first-order valence-corrected chi connectivity index (χ1v) is 7.37. The molecular weight excluding hydrogens is 322 g/mol. The van der Waals surface area contributed by atoms with Crippen molar-refractivity contribution in [3.05, 3.63) is 38.4 Å². The molecule has 2 N–H and O–H groups in total. The number of anilines is 1. The monoisotopic (exact) mass is 343 g/mol. The largest absolute Gasteiger partial charge is 0.394 e. The number of nitro benzene ring substituents is 2. The highest BCUT2D eigenvalue weighted by Gasteiger charge is 2.21. The van der Waals surface area contributed by atoms with Crippen LogP contribution in [-0.4, -0.2) is 59.6 Å². The van der Waals surface area contributed by atoms with Gasteiger partial charge in [-0.25, -0.2) is 0 Å². The molecule has 0 aromatic heterocycles. The molecule has 1 unspecified atom stereocenters. The molecule has 134 valence electrons. The molecule has 0 saturated carbocycles. The summed E-state index contributed by atoms with van der Waals surface area (Å²) < 4.78 is 5.37. The van der Waals surface area contributed by atoms with Gasteiger partial charge in [-0.3, -0.25) is 20.2 Å². The van der Waals surface area contributed by atoms with E-state index in [1.807, 2.05) is 0 Å². The maximum Gasteiger partial charge on any atom is 0.299 e. The number of non-ortho nitro benzene ring substituents is 1. The van der Waals surface area contributed by atoms with Crippen molar-refractivity contribution in [2.75, 3.05) is 38.3 Å². The number of benzene rings is 1. The Kier molecular flexibility index (Phi) is 8.02. The van der Waals surface area contributed by atoms with Crippen molar-refractivity contribution in [3.8, 4) is 0 Å². The highest BCUT2D eigenvalue weighted by Crippen LogP contribution is 2.31. The van der Waals surface area contributed by atoms with Gasteiger partial charge in [0.05, 0.1) is 35.2 Å². The topological polar surface area (TPSA) is 139 Å². The number of aliphatic hydroxyl groups excluding tert-OH is 2. The van der Waals surface area contributed by atoms with Gasteiger partial charge in [-0.15, -0.1) is 0 Å². The molecule has 10 nitrogen and oxygen atoms in total. The molecule has 0 saturated heterocycles. The second-order valence-corrected chi connectivity index (χ2v) is 5.20. The van der Waals surface area contributed by atoms with E-state index in [1.54, 1.807) is 11.9 Å². The molecule has 0 aliphatic heterocycles. The molecule has 0 aliphatic rings. The van der Waals surface area contributed by atoms with Gasteiger partial charge in [-0.2, -0.15) is 0 Å². The molecule has 0 heterocycles. The summed E-state index contributed by atoms with van der Waals surface area (Å²) in [6.07, 6.45) is 0.266. The van der Waals surface area contributed by atoms with Gasteiger partial charge in [0.1, 0.15) is 5.69 Å². The standard InChI is InChI=1S/C14H21N3O7/c1-15(6-8-24-7-2-3-12(19)10-18)13-5-4-11(16(20)21)9-14(13)17(22)23/h4-5,9,12,18-19H,2-3,6-8,10H2,1H3. The summed E-state index contributed by atoms with van der Waals surface area (Å²) in [7, 11) is 1.63. The van der Waals surface area contributed by atoms with Crippen LogP contribution in [0.4, 0.5) is 17.1 Å². The molecule has 0 spiro atoms. The minimum Gasteiger partial charge on any atom is -0.394 e. The summed E-state index contributed by atoms with van der Waals surface area (Å²) >= 11 is 0. The number of hydrogen-bond donors (Lipinski definition) is 2. The van der Waals surface area contributed by atoms with Gasteiger partial charge in [0.2, 0.25) is 0 Å². The van der Waals surface area contributed by atoms with E-state index in [0.717, 1.165) is 6.07 Å². The third-order valence-corrected chi connectivity index (χ3v) is 3.39. The van der Waals surface area contributed by atoms with E-state index in [2.05, 4.69) is 0 Å². The molecule has 0 bridgehead atoms. The molecular formula is C14H21N3O7. The van der Waals surface area contributed by atoms with E-state index >= 15 is 0 Å². The number of hydrogen-bond acceptors (Lipinski definition) is 8. The predicted molar refractivity (Wildman–Crippen MR) is 86.2 cm³/mol. The van der Waals surface area contributed by atoms with Gasteiger partial charge in [-0.1, -0.05) is 0 Å². The maximum absolute atomic E-state index is 11.1. The second-order valence-electron chi connectivity index (χ2n) is 5.20. The van der Waals surface area contributed by atoms with Crippen molar-refractivity contribution in [1.82, 2.24) is 0 Å². The minimum atomic E-state index is -0.751. The quantitative estimate of drug-likeness (QED) is 0.346. The summed E-state index contributed by atoms with van der Waals surface area (Å²) in [5.41, 5.74) is -0.403. The van der Waals surface area contributed by atoms with Crippen molar-refractivity contribution in [2.24, 2.45) is 0 Å². The zero-order chi connectivity index (χ0) is 18.1. The highest BCUT2D eigenvalue weighted by molar-refractivity contribution is 5.66. The van der Waals surface area contributed by atoms with E-state index < -0.39 is 16.0 Å². The van der Waals surface area contributed by atoms with Crippen LogP contribution < -0.4 is 4.90 Å². The predicted octanol–water partition coefficient (Wildman–Crippen LogP) is 1.09. The smallest absolute Gasteiger partial charge is 0.299 e.